The van der Waals surface area contributed by atoms with E-state index in [-0.39, 0.29) is 21.1 Å². The molecule has 0 aliphatic heterocycles. The smallest absolute Gasteiger partial charge is 0.0587 e. The summed E-state index contributed by atoms with van der Waals surface area (Å²) in [5, 5.41) is 22.0. The summed E-state index contributed by atoms with van der Waals surface area (Å²) in [5.41, 5.74) is 0. The third-order valence-corrected chi connectivity index (χ3v) is 0. The first-order valence-electron chi connectivity index (χ1n) is 2.17. The molecular weight excluding hydrogens is 298 g/mol. The molecule has 0 atom stereocenters. The van der Waals surface area contributed by atoms with Crippen LogP contribution in [0.3, 0.4) is 0 Å². The first-order chi connectivity index (χ1) is 4.24. The van der Waals surface area contributed by atoms with Crippen LogP contribution in [-0.4, -0.2) is 0 Å². The van der Waals surface area contributed by atoms with Crippen LogP contribution in [0.1, 0.15) is 20.8 Å². The molecule has 0 heterocycles. The van der Waals surface area contributed by atoms with Crippen molar-refractivity contribution in [3.8, 4) is 18.2 Å². The fourth-order valence-corrected chi connectivity index (χ4v) is 0. The summed E-state index contributed by atoms with van der Waals surface area (Å²) in [6.45, 7) is 4.29. The van der Waals surface area contributed by atoms with Crippen molar-refractivity contribution < 1.29 is 21.1 Å². The van der Waals surface area contributed by atoms with Crippen LogP contribution in [-0.2, 0) is 21.1 Å². The Hall–Kier alpha value is -0.842. The van der Waals surface area contributed by atoms with Gasteiger partial charge < -0.3 is 0 Å². The van der Waals surface area contributed by atoms with Crippen molar-refractivity contribution >= 4 is 0 Å². The van der Waals surface area contributed by atoms with Crippen molar-refractivity contribution in [2.45, 2.75) is 20.8 Å². The van der Waals surface area contributed by atoms with Crippen LogP contribution in [0.15, 0.2) is 0 Å². The van der Waals surface area contributed by atoms with E-state index in [4.69, 9.17) is 15.8 Å². The van der Waals surface area contributed by atoms with Crippen LogP contribution in [0.4, 0.5) is 0 Å². The molecule has 4 heteroatoms. The molecule has 0 radical (unpaired) electrons. The topological polar surface area (TPSA) is 71.4 Å². The van der Waals surface area contributed by atoms with Crippen LogP contribution in [0, 0.1) is 34.0 Å². The molecule has 0 aliphatic carbocycles. The summed E-state index contributed by atoms with van der Waals surface area (Å²) in [4.78, 5) is 0. The molecule has 10 heavy (non-hydrogen) atoms. The molecule has 0 bridgehead atoms. The molecule has 0 saturated heterocycles. The second-order valence-corrected chi connectivity index (χ2v) is 0.671. The average molecular weight is 307 g/mol. The molecule has 0 saturated carbocycles. The van der Waals surface area contributed by atoms with Crippen LogP contribution >= 0.6 is 0 Å². The maximum Gasteiger partial charge on any atom is 0.0587 e. The van der Waals surface area contributed by atoms with Gasteiger partial charge in [-0.05, 0) is 0 Å². The Morgan fingerprint density at radius 2 is 0.700 bits per heavy atom. The Labute approximate surface area is 76.1 Å². The van der Waals surface area contributed by atoms with Gasteiger partial charge >= 0.3 is 0 Å². The maximum absolute atomic E-state index is 7.32. The molecule has 0 aromatic rings. The van der Waals surface area contributed by atoms with Gasteiger partial charge in [-0.15, -0.1) is 0 Å². The van der Waals surface area contributed by atoms with E-state index < -0.39 is 0 Å². The molecule has 0 fully saturated rings. The molecule has 0 aliphatic rings. The van der Waals surface area contributed by atoms with Crippen molar-refractivity contribution in [1.29, 1.82) is 15.8 Å². The first kappa shape index (κ1) is 22.9. The average Bonchev–Trinajstić information content (AvgIpc) is 1.70. The monoisotopic (exact) mass is 307 g/mol. The van der Waals surface area contributed by atoms with Gasteiger partial charge in [-0.25, -0.2) is 0 Å². The van der Waals surface area contributed by atoms with Gasteiger partial charge in [-0.2, -0.15) is 15.8 Å². The fraction of sp³-hybridized carbons (Fsp3) is 0.500. The van der Waals surface area contributed by atoms with Crippen molar-refractivity contribution in [2.75, 3.05) is 0 Å². The molecular formula is C6H9N3W. The van der Waals surface area contributed by atoms with Crippen LogP contribution in [0.5, 0.6) is 0 Å². The maximum atomic E-state index is 7.32. The summed E-state index contributed by atoms with van der Waals surface area (Å²) < 4.78 is 0. The standard InChI is InChI=1S/3C2H3N.W/c3*1-2-3;/h3*1H3;. The zero-order valence-corrected chi connectivity index (χ0v) is 9.18. The Balaban J connectivity index is -0.0000000257. The predicted octanol–water partition coefficient (Wildman–Crippen LogP) is 1.59. The van der Waals surface area contributed by atoms with Gasteiger partial charge in [0.1, 0.15) is 0 Å². The first-order valence-corrected chi connectivity index (χ1v) is 2.17. The minimum atomic E-state index is 0. The minimum Gasteiger partial charge on any atom is -0.199 e. The van der Waals surface area contributed by atoms with E-state index in [1.54, 1.807) is 18.2 Å². The van der Waals surface area contributed by atoms with E-state index in [2.05, 4.69) is 0 Å². The molecule has 0 N–H and O–H groups in total. The predicted molar refractivity (Wildman–Crippen MR) is 33.9 cm³/mol. The Morgan fingerprint density at radius 1 is 0.700 bits per heavy atom. The van der Waals surface area contributed by atoms with Crippen LogP contribution in [0.25, 0.3) is 0 Å². The molecule has 0 unspecified atom stereocenters. The zero-order chi connectivity index (χ0) is 8.12. The van der Waals surface area contributed by atoms with Crippen LogP contribution in [0.2, 0.25) is 0 Å². The number of nitriles is 3. The molecule has 0 aromatic carbocycles. The van der Waals surface area contributed by atoms with Crippen molar-refractivity contribution in [1.82, 2.24) is 0 Å². The number of nitrogens with zero attached hydrogens (tertiary/aromatic N) is 3. The molecule has 54 valence electrons. The van der Waals surface area contributed by atoms with Gasteiger partial charge in [0, 0.05) is 41.8 Å². The van der Waals surface area contributed by atoms with Gasteiger partial charge in [-0.3, -0.25) is 0 Å². The van der Waals surface area contributed by atoms with E-state index in [0.29, 0.717) is 0 Å². The second kappa shape index (κ2) is 89.7. The molecule has 3 nitrogen and oxygen atoms in total. The number of hydrogen-bond donors (Lipinski definition) is 0. The molecule has 0 aromatic heterocycles. The third-order valence-electron chi connectivity index (χ3n) is 0. The van der Waals surface area contributed by atoms with Crippen molar-refractivity contribution in [3.05, 3.63) is 0 Å². The van der Waals surface area contributed by atoms with Crippen molar-refractivity contribution in [2.24, 2.45) is 0 Å². The summed E-state index contributed by atoms with van der Waals surface area (Å²) in [7, 11) is 0. The van der Waals surface area contributed by atoms with Gasteiger partial charge in [0.15, 0.2) is 0 Å². The molecule has 0 spiro atoms. The normalized spacial score (nSPS) is 2.40. The van der Waals surface area contributed by atoms with E-state index >= 15 is 0 Å². The number of rotatable bonds is 0. The summed E-state index contributed by atoms with van der Waals surface area (Å²) in [6.07, 6.45) is 0. The largest absolute Gasteiger partial charge is 0.199 e. The number of hydrogen-bond acceptors (Lipinski definition) is 3. The van der Waals surface area contributed by atoms with Crippen LogP contribution < -0.4 is 0 Å². The summed E-state index contributed by atoms with van der Waals surface area (Å²) in [5.74, 6) is 0. The van der Waals surface area contributed by atoms with E-state index in [1.807, 2.05) is 0 Å². The second-order valence-electron chi connectivity index (χ2n) is 0.671. The Morgan fingerprint density at radius 3 is 0.700 bits per heavy atom. The van der Waals surface area contributed by atoms with Gasteiger partial charge in [0.2, 0.25) is 0 Å². The Kier molecular flexibility index (Phi) is 206. The minimum absolute atomic E-state index is 0. The molecule has 0 amide bonds. The van der Waals surface area contributed by atoms with Gasteiger partial charge in [-0.1, -0.05) is 0 Å². The van der Waals surface area contributed by atoms with Gasteiger partial charge in [0.25, 0.3) is 0 Å². The van der Waals surface area contributed by atoms with E-state index in [1.165, 1.54) is 20.8 Å². The third kappa shape index (κ3) is 383. The van der Waals surface area contributed by atoms with Gasteiger partial charge in [0.05, 0.1) is 18.2 Å². The summed E-state index contributed by atoms with van der Waals surface area (Å²) in [6, 6.07) is 5.25. The van der Waals surface area contributed by atoms with E-state index in [9.17, 15) is 0 Å². The SMILES string of the molecule is CC#N.CC#N.CC#N.[W]. The van der Waals surface area contributed by atoms with E-state index in [0.717, 1.165) is 0 Å². The Bertz CT molecular complexity index is 106. The molecule has 0 rings (SSSR count). The fourth-order valence-electron chi connectivity index (χ4n) is 0. The quantitative estimate of drug-likeness (QED) is 0.682. The zero-order valence-electron chi connectivity index (χ0n) is 6.25. The summed E-state index contributed by atoms with van der Waals surface area (Å²) >= 11 is 0. The van der Waals surface area contributed by atoms with Crippen molar-refractivity contribution in [3.63, 3.8) is 0 Å².